The van der Waals surface area contributed by atoms with Crippen molar-refractivity contribution in [3.63, 3.8) is 0 Å². The summed E-state index contributed by atoms with van der Waals surface area (Å²) in [4.78, 5) is 24.3. The van der Waals surface area contributed by atoms with Crippen molar-refractivity contribution < 1.29 is 63.2 Å². The number of fused-ring (bicyclic) bond motifs is 1. The number of halogens is 1. The first-order valence-electron chi connectivity index (χ1n) is 14.9. The lowest BCUT2D eigenvalue weighted by Gasteiger charge is -2.48. The smallest absolute Gasteiger partial charge is 0.338 e. The molecule has 3 aliphatic rings. The van der Waals surface area contributed by atoms with Crippen LogP contribution < -0.4 is 5.32 Å². The van der Waals surface area contributed by atoms with E-state index in [0.29, 0.717) is 22.7 Å². The molecule has 5 N–H and O–H groups in total. The van der Waals surface area contributed by atoms with Gasteiger partial charge in [-0.15, -0.1) is 0 Å². The largest absolute Gasteiger partial charge is 0.459 e. The number of esters is 1. The quantitative estimate of drug-likeness (QED) is 0.227. The van der Waals surface area contributed by atoms with E-state index in [2.05, 4.69) is 5.32 Å². The van der Waals surface area contributed by atoms with Gasteiger partial charge in [-0.1, -0.05) is 42.8 Å². The van der Waals surface area contributed by atoms with Gasteiger partial charge in [-0.05, 0) is 36.2 Å². The van der Waals surface area contributed by atoms with Crippen LogP contribution >= 0.6 is 11.6 Å². The fraction of sp³-hybridized carbons (Fsp3) is 0.548. The fourth-order valence-electron chi connectivity index (χ4n) is 5.39. The number of benzene rings is 2. The molecule has 3 fully saturated rings. The maximum atomic E-state index is 12.7. The first-order chi connectivity index (χ1) is 22.0. The van der Waals surface area contributed by atoms with Crippen LogP contribution in [0.25, 0.3) is 0 Å². The average molecular weight is 668 g/mol. The molecule has 11 atom stereocenters. The molecule has 3 saturated heterocycles. The van der Waals surface area contributed by atoms with Crippen LogP contribution in [0.4, 0.5) is 5.69 Å². The zero-order valence-corrected chi connectivity index (χ0v) is 25.9. The minimum Gasteiger partial charge on any atom is -0.459 e. The van der Waals surface area contributed by atoms with Crippen LogP contribution in [0.5, 0.6) is 0 Å². The third-order valence-electron chi connectivity index (χ3n) is 7.81. The molecule has 2 aromatic rings. The monoisotopic (exact) mass is 667 g/mol. The Hall–Kier alpha value is -2.73. The van der Waals surface area contributed by atoms with Crippen molar-refractivity contribution in [2.24, 2.45) is 0 Å². The van der Waals surface area contributed by atoms with Crippen molar-refractivity contribution in [1.29, 1.82) is 0 Å². The van der Waals surface area contributed by atoms with Crippen LogP contribution in [0.1, 0.15) is 36.2 Å². The highest BCUT2D eigenvalue weighted by Gasteiger charge is 2.53. The second-order valence-electron chi connectivity index (χ2n) is 11.2. The molecule has 0 spiro atoms. The normalized spacial score (nSPS) is 34.4. The van der Waals surface area contributed by atoms with Gasteiger partial charge >= 0.3 is 5.97 Å². The van der Waals surface area contributed by atoms with Crippen molar-refractivity contribution in [3.05, 3.63) is 64.7 Å². The highest BCUT2D eigenvalue weighted by molar-refractivity contribution is 6.33. The van der Waals surface area contributed by atoms with Gasteiger partial charge in [0.1, 0.15) is 55.4 Å². The summed E-state index contributed by atoms with van der Waals surface area (Å²) in [5.74, 6) is -1.00. The van der Waals surface area contributed by atoms with Gasteiger partial charge in [-0.25, -0.2) is 4.79 Å². The van der Waals surface area contributed by atoms with E-state index in [0.717, 1.165) is 0 Å². The van der Waals surface area contributed by atoms with Crippen LogP contribution in [0.3, 0.4) is 0 Å². The third-order valence-corrected chi connectivity index (χ3v) is 8.13. The summed E-state index contributed by atoms with van der Waals surface area (Å²) >= 11 is 6.16. The predicted octanol–water partition coefficient (Wildman–Crippen LogP) is 1.10. The van der Waals surface area contributed by atoms with E-state index in [1.54, 1.807) is 48.5 Å². The molecule has 2 unspecified atom stereocenters. The summed E-state index contributed by atoms with van der Waals surface area (Å²) in [6.07, 6.45) is -13.7. The molecule has 3 aliphatic heterocycles. The second kappa shape index (κ2) is 15.4. The van der Waals surface area contributed by atoms with E-state index >= 15 is 0 Å². The minimum absolute atomic E-state index is 0.0571. The summed E-state index contributed by atoms with van der Waals surface area (Å²) in [7, 11) is 0. The van der Waals surface area contributed by atoms with Crippen LogP contribution in [0.15, 0.2) is 48.5 Å². The number of rotatable bonds is 10. The number of hydrogen-bond donors (Lipinski definition) is 5. The van der Waals surface area contributed by atoms with Crippen molar-refractivity contribution in [3.8, 4) is 0 Å². The molecule has 15 heteroatoms. The second-order valence-corrected chi connectivity index (χ2v) is 11.6. The zero-order valence-electron chi connectivity index (χ0n) is 25.1. The van der Waals surface area contributed by atoms with Gasteiger partial charge in [-0.2, -0.15) is 0 Å². The van der Waals surface area contributed by atoms with Crippen LogP contribution in [0.2, 0.25) is 5.02 Å². The Morgan fingerprint density at radius 3 is 2.41 bits per heavy atom. The standard InChI is InChI=1S/C31H38ClNO13/c1-3-22-40-13-20-27(45-22)24(36)26(38)31(44-20)46-28-21(14-41-29(39)17-7-5-4-6-8-17)43-30(25(37)23(28)35)42-12-16-9-10-18(32)19(11-16)33-15(2)34/h4-11,20-28,30-31,35-38H,3,12-14H2,1-2H3,(H,33,34)/t20?,21-,22+,23+,24+,25-,26-,27?,28-,30+,31+/m0/s1. The van der Waals surface area contributed by atoms with Gasteiger partial charge in [0, 0.05) is 6.92 Å². The number of ether oxygens (including phenoxy) is 7. The summed E-state index contributed by atoms with van der Waals surface area (Å²) in [6.45, 7) is 2.67. The average Bonchev–Trinajstić information content (AvgIpc) is 3.05. The number of carbonyl (C=O) groups excluding carboxylic acids is 2. The summed E-state index contributed by atoms with van der Waals surface area (Å²) in [5.41, 5.74) is 1.19. The van der Waals surface area contributed by atoms with Gasteiger partial charge in [0.05, 0.1) is 29.5 Å². The maximum absolute atomic E-state index is 12.7. The van der Waals surface area contributed by atoms with Crippen molar-refractivity contribution in [1.82, 2.24) is 0 Å². The fourth-order valence-corrected chi connectivity index (χ4v) is 5.56. The Bertz CT molecular complexity index is 1330. The van der Waals surface area contributed by atoms with Gasteiger partial charge in [0.2, 0.25) is 5.91 Å². The van der Waals surface area contributed by atoms with Gasteiger partial charge < -0.3 is 58.9 Å². The first-order valence-corrected chi connectivity index (χ1v) is 15.3. The molecule has 0 radical (unpaired) electrons. The Kier molecular flexibility index (Phi) is 11.6. The number of anilines is 1. The molecule has 14 nitrogen and oxygen atoms in total. The van der Waals surface area contributed by atoms with E-state index in [1.807, 2.05) is 6.92 Å². The number of hydrogen-bond acceptors (Lipinski definition) is 13. The van der Waals surface area contributed by atoms with Crippen LogP contribution in [-0.2, 0) is 44.6 Å². The Morgan fingerprint density at radius 1 is 0.957 bits per heavy atom. The number of aliphatic hydroxyl groups is 4. The summed E-state index contributed by atoms with van der Waals surface area (Å²) < 4.78 is 40.3. The van der Waals surface area contributed by atoms with Crippen molar-refractivity contribution in [2.45, 2.75) is 94.6 Å². The summed E-state index contributed by atoms with van der Waals surface area (Å²) in [5, 5.41) is 46.9. The van der Waals surface area contributed by atoms with Crippen LogP contribution in [-0.4, -0.2) is 113 Å². The third kappa shape index (κ3) is 8.03. The molecule has 252 valence electrons. The molecule has 46 heavy (non-hydrogen) atoms. The molecule has 0 aromatic heterocycles. The predicted molar refractivity (Wildman–Crippen MR) is 158 cm³/mol. The first kappa shape index (κ1) is 34.6. The lowest BCUT2D eigenvalue weighted by molar-refractivity contribution is -0.384. The minimum atomic E-state index is -1.69. The van der Waals surface area contributed by atoms with Crippen molar-refractivity contribution in [2.75, 3.05) is 18.5 Å². The SMILES string of the molecule is CC[C@@H]1OCC2O[C@H](O[C@@H]3[C@H](O)[C@H](O)[C@H](OCc4ccc(Cl)c(NC(C)=O)c4)O[C@H]3COC(=O)c3ccccc3)[C@@H](O)[C@@H](O)C2O1. The van der Waals surface area contributed by atoms with E-state index in [1.165, 1.54) is 6.92 Å². The Labute approximate surface area is 270 Å². The molecule has 1 amide bonds. The van der Waals surface area contributed by atoms with Crippen molar-refractivity contribution >= 4 is 29.2 Å². The van der Waals surface area contributed by atoms with E-state index in [4.69, 9.17) is 44.8 Å². The topological polar surface area (TPSA) is 192 Å². The maximum Gasteiger partial charge on any atom is 0.338 e. The lowest BCUT2D eigenvalue weighted by atomic mass is 9.96. The molecule has 0 saturated carbocycles. The molecule has 0 aliphatic carbocycles. The molecular weight excluding hydrogens is 630 g/mol. The highest BCUT2D eigenvalue weighted by atomic mass is 35.5. The van der Waals surface area contributed by atoms with Gasteiger partial charge in [0.15, 0.2) is 18.9 Å². The molecule has 2 aromatic carbocycles. The number of aliphatic hydroxyl groups excluding tert-OH is 4. The summed E-state index contributed by atoms with van der Waals surface area (Å²) in [6, 6.07) is 13.0. The number of carbonyl (C=O) groups is 2. The molecular formula is C31H38ClNO13. The van der Waals surface area contributed by atoms with Crippen LogP contribution in [0, 0.1) is 0 Å². The molecule has 5 rings (SSSR count). The molecule has 0 bridgehead atoms. The zero-order chi connectivity index (χ0) is 33.0. The van der Waals surface area contributed by atoms with E-state index in [-0.39, 0.29) is 24.7 Å². The number of amides is 1. The number of nitrogens with one attached hydrogen (secondary N) is 1. The lowest BCUT2D eigenvalue weighted by Crippen LogP contribution is -2.66. The van der Waals surface area contributed by atoms with Gasteiger partial charge in [-0.3, -0.25) is 4.79 Å². The van der Waals surface area contributed by atoms with E-state index in [9.17, 15) is 30.0 Å². The van der Waals surface area contributed by atoms with E-state index < -0.39 is 80.3 Å². The highest BCUT2D eigenvalue weighted by Crippen LogP contribution is 2.33. The molecule has 3 heterocycles. The Balaban J connectivity index is 1.31. The van der Waals surface area contributed by atoms with Gasteiger partial charge in [0.25, 0.3) is 0 Å². The Morgan fingerprint density at radius 2 is 1.70 bits per heavy atom.